The second kappa shape index (κ2) is 13.3. The Morgan fingerprint density at radius 3 is 2.07 bits per heavy atom. The minimum Gasteiger partial charge on any atom is -0.350 e. The molecule has 41 heavy (non-hydrogen) atoms. The second-order valence-electron chi connectivity index (χ2n) is 11.6. The van der Waals surface area contributed by atoms with Crippen LogP contribution in [0, 0.1) is 20.8 Å². The van der Waals surface area contributed by atoms with Gasteiger partial charge in [0.2, 0.25) is 11.8 Å². The van der Waals surface area contributed by atoms with Crippen molar-refractivity contribution < 1.29 is 18.0 Å². The summed E-state index contributed by atoms with van der Waals surface area (Å²) in [4.78, 5) is 29.2. The molecule has 0 radical (unpaired) electrons. The lowest BCUT2D eigenvalue weighted by Gasteiger charge is -2.35. The van der Waals surface area contributed by atoms with E-state index >= 15 is 0 Å². The predicted octanol–water partition coefficient (Wildman–Crippen LogP) is 5.57. The Morgan fingerprint density at radius 2 is 1.49 bits per heavy atom. The van der Waals surface area contributed by atoms with Crippen molar-refractivity contribution in [3.63, 3.8) is 0 Å². The van der Waals surface area contributed by atoms with E-state index < -0.39 is 34.1 Å². The fourth-order valence-corrected chi connectivity index (χ4v) is 6.16. The summed E-state index contributed by atoms with van der Waals surface area (Å²) >= 11 is 0. The SMILES string of the molecule is CC[C@H](C(=O)NC(C)(C)C)N(CCc1ccccc1)C(=O)CN(c1cc(C)ccc1C)S(=O)(=O)c1ccc(C)cc1. The van der Waals surface area contributed by atoms with Crippen molar-refractivity contribution in [3.05, 3.63) is 95.1 Å². The van der Waals surface area contributed by atoms with E-state index in [0.717, 1.165) is 22.3 Å². The van der Waals surface area contributed by atoms with Gasteiger partial charge in [0.05, 0.1) is 10.6 Å². The summed E-state index contributed by atoms with van der Waals surface area (Å²) in [5.74, 6) is -0.700. The van der Waals surface area contributed by atoms with Crippen molar-refractivity contribution in [1.29, 1.82) is 0 Å². The average Bonchev–Trinajstić information content (AvgIpc) is 2.90. The molecule has 3 rings (SSSR count). The van der Waals surface area contributed by atoms with Gasteiger partial charge in [-0.1, -0.05) is 67.1 Å². The van der Waals surface area contributed by atoms with E-state index in [1.165, 1.54) is 9.21 Å². The van der Waals surface area contributed by atoms with Gasteiger partial charge in [0.25, 0.3) is 10.0 Å². The largest absolute Gasteiger partial charge is 0.350 e. The number of amides is 2. The van der Waals surface area contributed by atoms with Crippen LogP contribution in [0.2, 0.25) is 0 Å². The first kappa shape index (κ1) is 31.9. The Bertz CT molecular complexity index is 1450. The molecule has 0 aliphatic carbocycles. The maximum Gasteiger partial charge on any atom is 0.264 e. The molecule has 0 aliphatic heterocycles. The van der Waals surface area contributed by atoms with Gasteiger partial charge in [-0.25, -0.2) is 8.42 Å². The normalized spacial score (nSPS) is 12.5. The summed E-state index contributed by atoms with van der Waals surface area (Å²) in [5.41, 5.74) is 3.51. The van der Waals surface area contributed by atoms with E-state index in [4.69, 9.17) is 0 Å². The van der Waals surface area contributed by atoms with E-state index in [1.54, 1.807) is 30.3 Å². The van der Waals surface area contributed by atoms with Crippen molar-refractivity contribution in [2.45, 2.75) is 77.8 Å². The van der Waals surface area contributed by atoms with Crippen molar-refractivity contribution in [1.82, 2.24) is 10.2 Å². The Balaban J connectivity index is 2.06. The molecule has 0 fully saturated rings. The van der Waals surface area contributed by atoms with Crippen LogP contribution < -0.4 is 9.62 Å². The summed E-state index contributed by atoms with van der Waals surface area (Å²) in [6.45, 7) is 13.0. The minimum atomic E-state index is -4.10. The van der Waals surface area contributed by atoms with Crippen LogP contribution in [0.25, 0.3) is 0 Å². The maximum atomic E-state index is 14.2. The number of carbonyl (C=O) groups excluding carboxylic acids is 2. The summed E-state index contributed by atoms with van der Waals surface area (Å²) in [5, 5.41) is 3.00. The average molecular weight is 578 g/mol. The van der Waals surface area contributed by atoms with Crippen LogP contribution in [0.3, 0.4) is 0 Å². The van der Waals surface area contributed by atoms with Crippen LogP contribution in [-0.4, -0.2) is 49.8 Å². The number of nitrogens with one attached hydrogen (secondary N) is 1. The molecule has 1 atom stereocenters. The molecular formula is C33H43N3O4S. The van der Waals surface area contributed by atoms with Gasteiger partial charge in [0.1, 0.15) is 12.6 Å². The van der Waals surface area contributed by atoms with Gasteiger partial charge in [0.15, 0.2) is 0 Å². The maximum absolute atomic E-state index is 14.2. The number of aryl methyl sites for hydroxylation is 3. The van der Waals surface area contributed by atoms with Crippen molar-refractivity contribution in [2.24, 2.45) is 0 Å². The van der Waals surface area contributed by atoms with Crippen molar-refractivity contribution in [3.8, 4) is 0 Å². The van der Waals surface area contributed by atoms with Crippen LogP contribution >= 0.6 is 0 Å². The Labute approximate surface area is 245 Å². The first-order chi connectivity index (χ1) is 19.2. The monoisotopic (exact) mass is 577 g/mol. The minimum absolute atomic E-state index is 0.102. The highest BCUT2D eigenvalue weighted by Gasteiger charge is 2.34. The van der Waals surface area contributed by atoms with Gasteiger partial charge in [-0.3, -0.25) is 13.9 Å². The van der Waals surface area contributed by atoms with Crippen LogP contribution in [0.15, 0.2) is 77.7 Å². The molecule has 0 bridgehead atoms. The van der Waals surface area contributed by atoms with Crippen LogP contribution in [0.5, 0.6) is 0 Å². The molecule has 1 N–H and O–H groups in total. The lowest BCUT2D eigenvalue weighted by molar-refractivity contribution is -0.140. The molecular weight excluding hydrogens is 534 g/mol. The molecule has 0 saturated carbocycles. The number of sulfonamides is 1. The molecule has 220 valence electrons. The van der Waals surface area contributed by atoms with Gasteiger partial charge in [-0.15, -0.1) is 0 Å². The highest BCUT2D eigenvalue weighted by atomic mass is 32.2. The number of nitrogens with zero attached hydrogens (tertiary/aromatic N) is 2. The van der Waals surface area contributed by atoms with E-state index in [0.29, 0.717) is 18.5 Å². The van der Waals surface area contributed by atoms with Gasteiger partial charge in [0, 0.05) is 12.1 Å². The smallest absolute Gasteiger partial charge is 0.264 e. The fraction of sp³-hybridized carbons (Fsp3) is 0.394. The summed E-state index contributed by atoms with van der Waals surface area (Å²) in [6, 6.07) is 21.1. The molecule has 0 aromatic heterocycles. The lowest BCUT2D eigenvalue weighted by atomic mass is 10.1. The van der Waals surface area contributed by atoms with Crippen LogP contribution in [0.4, 0.5) is 5.69 Å². The van der Waals surface area contributed by atoms with Gasteiger partial charge >= 0.3 is 0 Å². The second-order valence-corrected chi connectivity index (χ2v) is 13.5. The summed E-state index contributed by atoms with van der Waals surface area (Å²) < 4.78 is 29.4. The molecule has 0 heterocycles. The number of carbonyl (C=O) groups is 2. The van der Waals surface area contributed by atoms with Crippen LogP contribution in [-0.2, 0) is 26.0 Å². The zero-order valence-corrected chi connectivity index (χ0v) is 26.1. The first-order valence-corrected chi connectivity index (χ1v) is 15.5. The van der Waals surface area contributed by atoms with E-state index in [1.807, 2.05) is 90.9 Å². The van der Waals surface area contributed by atoms with E-state index in [2.05, 4.69) is 5.32 Å². The predicted molar refractivity (Wildman–Crippen MR) is 165 cm³/mol. The molecule has 0 saturated heterocycles. The first-order valence-electron chi connectivity index (χ1n) is 14.0. The fourth-order valence-electron chi connectivity index (χ4n) is 4.69. The number of hydrogen-bond acceptors (Lipinski definition) is 4. The van der Waals surface area contributed by atoms with E-state index in [-0.39, 0.29) is 17.3 Å². The number of hydrogen-bond donors (Lipinski definition) is 1. The zero-order valence-electron chi connectivity index (χ0n) is 25.3. The third-order valence-electron chi connectivity index (χ3n) is 6.89. The molecule has 2 amide bonds. The highest BCUT2D eigenvalue weighted by Crippen LogP contribution is 2.28. The molecule has 0 spiro atoms. The molecule has 0 aliphatic rings. The Morgan fingerprint density at radius 1 is 0.878 bits per heavy atom. The van der Waals surface area contributed by atoms with Gasteiger partial charge in [-0.2, -0.15) is 0 Å². The molecule has 0 unspecified atom stereocenters. The summed E-state index contributed by atoms with van der Waals surface area (Å²) in [6.07, 6.45) is 0.913. The summed E-state index contributed by atoms with van der Waals surface area (Å²) in [7, 11) is -4.10. The zero-order chi connectivity index (χ0) is 30.4. The molecule has 7 nitrogen and oxygen atoms in total. The topological polar surface area (TPSA) is 86.8 Å². The van der Waals surface area contributed by atoms with Gasteiger partial charge in [-0.05, 0) is 89.3 Å². The third-order valence-corrected chi connectivity index (χ3v) is 8.66. The standard InChI is InChI=1S/C33H43N3O4S/c1-8-29(32(38)34-33(5,6)7)35(21-20-27-12-10-9-11-13-27)31(37)23-36(30-22-25(3)14-17-26(30)4)41(39,40)28-18-15-24(2)16-19-28/h9-19,22,29H,8,20-21,23H2,1-7H3,(H,34,38)/t29-/m1/s1. The Kier molecular flexibility index (Phi) is 10.4. The molecule has 3 aromatic carbocycles. The van der Waals surface area contributed by atoms with Crippen molar-refractivity contribution in [2.75, 3.05) is 17.4 Å². The number of benzene rings is 3. The van der Waals surface area contributed by atoms with Crippen LogP contribution in [0.1, 0.15) is 56.4 Å². The molecule has 3 aromatic rings. The van der Waals surface area contributed by atoms with E-state index in [9.17, 15) is 18.0 Å². The molecule has 8 heteroatoms. The highest BCUT2D eigenvalue weighted by molar-refractivity contribution is 7.92. The quantitative estimate of drug-likeness (QED) is 0.323. The lowest BCUT2D eigenvalue weighted by Crippen LogP contribution is -2.56. The van der Waals surface area contributed by atoms with Gasteiger partial charge < -0.3 is 10.2 Å². The van der Waals surface area contributed by atoms with Crippen molar-refractivity contribution >= 4 is 27.5 Å². The number of rotatable bonds is 11. The number of anilines is 1. The third kappa shape index (κ3) is 8.43. The Hall–Kier alpha value is -3.65.